The number of nitrogens with zero attached hydrogens (tertiary/aromatic N) is 3. The van der Waals surface area contributed by atoms with Crippen molar-refractivity contribution in [3.05, 3.63) is 48.0 Å². The first-order valence-corrected chi connectivity index (χ1v) is 7.73. The number of hydrogen-bond donors (Lipinski definition) is 1. The minimum absolute atomic E-state index is 0.0356. The quantitative estimate of drug-likeness (QED) is 0.916. The first-order valence-electron chi connectivity index (χ1n) is 7.73. The van der Waals surface area contributed by atoms with Crippen LogP contribution in [0.25, 0.3) is 0 Å². The molecule has 0 saturated carbocycles. The molecule has 2 aromatic rings. The van der Waals surface area contributed by atoms with E-state index in [2.05, 4.69) is 4.98 Å². The van der Waals surface area contributed by atoms with Crippen molar-refractivity contribution >= 4 is 5.91 Å². The maximum Gasteiger partial charge on any atom is 0.260 e. The van der Waals surface area contributed by atoms with Crippen molar-refractivity contribution in [2.24, 2.45) is 12.8 Å². The van der Waals surface area contributed by atoms with Crippen LogP contribution in [0.3, 0.4) is 0 Å². The first-order chi connectivity index (χ1) is 11.0. The fourth-order valence-electron chi connectivity index (χ4n) is 2.94. The summed E-state index contributed by atoms with van der Waals surface area (Å²) in [6, 6.07) is 7.59. The van der Waals surface area contributed by atoms with E-state index >= 15 is 0 Å². The van der Waals surface area contributed by atoms with E-state index in [1.165, 1.54) is 0 Å². The highest BCUT2D eigenvalue weighted by atomic mass is 16.5. The molecular formula is C17H22N4O2. The Labute approximate surface area is 135 Å². The molecule has 1 amide bonds. The van der Waals surface area contributed by atoms with Gasteiger partial charge in [0, 0.05) is 44.0 Å². The summed E-state index contributed by atoms with van der Waals surface area (Å²) in [5, 5.41) is 0. The summed E-state index contributed by atoms with van der Waals surface area (Å²) in [7, 11) is 1.94. The third-order valence-corrected chi connectivity index (χ3v) is 4.33. The van der Waals surface area contributed by atoms with Crippen LogP contribution in [0.1, 0.15) is 17.2 Å². The van der Waals surface area contributed by atoms with Crippen molar-refractivity contribution in [1.82, 2.24) is 14.5 Å². The van der Waals surface area contributed by atoms with E-state index in [9.17, 15) is 4.79 Å². The van der Waals surface area contributed by atoms with Crippen LogP contribution in [0.4, 0.5) is 0 Å². The maximum atomic E-state index is 12.4. The highest BCUT2D eigenvalue weighted by molar-refractivity contribution is 5.78. The van der Waals surface area contributed by atoms with Gasteiger partial charge in [-0.25, -0.2) is 4.98 Å². The van der Waals surface area contributed by atoms with E-state index in [0.29, 0.717) is 18.8 Å². The molecule has 1 fully saturated rings. The molecule has 2 N–H and O–H groups in total. The number of carbonyl (C=O) groups excluding carboxylic acids is 1. The number of carbonyl (C=O) groups is 1. The molecule has 1 aliphatic rings. The monoisotopic (exact) mass is 314 g/mol. The molecule has 1 aromatic carbocycles. The average molecular weight is 314 g/mol. The second kappa shape index (κ2) is 6.42. The predicted octanol–water partition coefficient (Wildman–Crippen LogP) is 1.06. The lowest BCUT2D eigenvalue weighted by Gasteiger charge is -2.17. The molecular weight excluding hydrogens is 292 g/mol. The van der Waals surface area contributed by atoms with Crippen molar-refractivity contribution in [3.63, 3.8) is 0 Å². The lowest BCUT2D eigenvalue weighted by atomic mass is 10.0. The molecule has 122 valence electrons. The highest BCUT2D eigenvalue weighted by Crippen LogP contribution is 2.26. The lowest BCUT2D eigenvalue weighted by Crippen LogP contribution is -2.35. The van der Waals surface area contributed by atoms with Gasteiger partial charge in [0.05, 0.1) is 6.33 Å². The highest BCUT2D eigenvalue weighted by Gasteiger charge is 2.35. The summed E-state index contributed by atoms with van der Waals surface area (Å²) >= 11 is 0. The second-order valence-electron chi connectivity index (χ2n) is 6.10. The summed E-state index contributed by atoms with van der Waals surface area (Å²) in [5.74, 6) is 0.784. The summed E-state index contributed by atoms with van der Waals surface area (Å²) in [4.78, 5) is 18.3. The Morgan fingerprint density at radius 1 is 1.35 bits per heavy atom. The van der Waals surface area contributed by atoms with E-state index < -0.39 is 0 Å². The Morgan fingerprint density at radius 2 is 2.09 bits per heavy atom. The molecule has 0 bridgehead atoms. The van der Waals surface area contributed by atoms with Crippen molar-refractivity contribution in [3.8, 4) is 5.75 Å². The number of aryl methyl sites for hydroxylation is 2. The van der Waals surface area contributed by atoms with Crippen LogP contribution in [0.5, 0.6) is 5.75 Å². The molecule has 3 rings (SSSR count). The molecule has 6 nitrogen and oxygen atoms in total. The topological polar surface area (TPSA) is 73.4 Å². The van der Waals surface area contributed by atoms with Crippen molar-refractivity contribution in [2.45, 2.75) is 18.9 Å². The van der Waals surface area contributed by atoms with Gasteiger partial charge in [0.15, 0.2) is 6.61 Å². The molecule has 1 aliphatic heterocycles. The number of nitrogens with two attached hydrogens (primary N) is 1. The zero-order chi connectivity index (χ0) is 16.4. The zero-order valence-corrected chi connectivity index (χ0v) is 13.5. The fraction of sp³-hybridized carbons (Fsp3) is 0.412. The van der Waals surface area contributed by atoms with Gasteiger partial charge in [-0.15, -0.1) is 0 Å². The van der Waals surface area contributed by atoms with Crippen LogP contribution in [-0.2, 0) is 11.8 Å². The number of rotatable bonds is 4. The van der Waals surface area contributed by atoms with Gasteiger partial charge in [-0.2, -0.15) is 0 Å². The molecule has 6 heteroatoms. The van der Waals surface area contributed by atoms with Gasteiger partial charge >= 0.3 is 0 Å². The molecule has 23 heavy (non-hydrogen) atoms. The van der Waals surface area contributed by atoms with Crippen molar-refractivity contribution in [1.29, 1.82) is 0 Å². The molecule has 0 aliphatic carbocycles. The number of hydrogen-bond acceptors (Lipinski definition) is 4. The smallest absolute Gasteiger partial charge is 0.260 e. The molecule has 0 radical (unpaired) electrons. The predicted molar refractivity (Wildman–Crippen MR) is 87.2 cm³/mol. The van der Waals surface area contributed by atoms with Crippen LogP contribution in [0, 0.1) is 6.92 Å². The second-order valence-corrected chi connectivity index (χ2v) is 6.10. The Hall–Kier alpha value is -2.34. The zero-order valence-electron chi connectivity index (χ0n) is 13.5. The average Bonchev–Trinajstić information content (AvgIpc) is 3.12. The van der Waals surface area contributed by atoms with Crippen molar-refractivity contribution in [2.75, 3.05) is 19.7 Å². The van der Waals surface area contributed by atoms with E-state index in [4.69, 9.17) is 10.5 Å². The van der Waals surface area contributed by atoms with E-state index in [1.54, 1.807) is 11.2 Å². The van der Waals surface area contributed by atoms with E-state index in [-0.39, 0.29) is 24.5 Å². The van der Waals surface area contributed by atoms with Gasteiger partial charge < -0.3 is 19.9 Å². The largest absolute Gasteiger partial charge is 0.484 e. The van der Waals surface area contributed by atoms with Gasteiger partial charge in [0.1, 0.15) is 5.75 Å². The Bertz CT molecular complexity index is 680. The normalized spacial score (nSPS) is 20.7. The first kappa shape index (κ1) is 15.6. The van der Waals surface area contributed by atoms with Gasteiger partial charge in [0.25, 0.3) is 5.91 Å². The Morgan fingerprint density at radius 3 is 2.74 bits per heavy atom. The van der Waals surface area contributed by atoms with Crippen LogP contribution >= 0.6 is 0 Å². The fourth-order valence-corrected chi connectivity index (χ4v) is 2.94. The number of aromatic nitrogens is 2. The standard InChI is InChI=1S/C17H22N4O2/c1-12-3-5-13(6-4-12)23-10-17(22)21-8-14(15(18)9-21)16-7-19-11-20(16)2/h3-7,11,14-15H,8-10,18H2,1-2H3/t14-,15-/m1/s1. The summed E-state index contributed by atoms with van der Waals surface area (Å²) in [5.41, 5.74) is 8.44. The minimum atomic E-state index is -0.0753. The van der Waals surface area contributed by atoms with Crippen LogP contribution in [0.2, 0.25) is 0 Å². The summed E-state index contributed by atoms with van der Waals surface area (Å²) < 4.78 is 7.53. The van der Waals surface area contributed by atoms with E-state index in [1.807, 2.05) is 49.0 Å². The van der Waals surface area contributed by atoms with Crippen molar-refractivity contribution < 1.29 is 9.53 Å². The van der Waals surface area contributed by atoms with Crippen LogP contribution in [0.15, 0.2) is 36.8 Å². The third kappa shape index (κ3) is 3.37. The van der Waals surface area contributed by atoms with E-state index in [0.717, 1.165) is 11.3 Å². The Kier molecular flexibility index (Phi) is 4.34. The lowest BCUT2D eigenvalue weighted by molar-refractivity contribution is -0.132. The Balaban J connectivity index is 1.58. The molecule has 0 spiro atoms. The molecule has 2 heterocycles. The SMILES string of the molecule is Cc1ccc(OCC(=O)N2C[C@@H](N)[C@H](c3cncn3C)C2)cc1. The van der Waals surface area contributed by atoms with Gasteiger partial charge in [0.2, 0.25) is 0 Å². The minimum Gasteiger partial charge on any atom is -0.484 e. The number of imidazole rings is 1. The molecule has 2 atom stereocenters. The van der Waals surface area contributed by atoms with Gasteiger partial charge in [-0.3, -0.25) is 4.79 Å². The third-order valence-electron chi connectivity index (χ3n) is 4.33. The number of likely N-dealkylation sites (tertiary alicyclic amines) is 1. The van der Waals surface area contributed by atoms with Crippen LogP contribution in [-0.4, -0.2) is 46.1 Å². The van der Waals surface area contributed by atoms with Gasteiger partial charge in [-0.1, -0.05) is 17.7 Å². The maximum absolute atomic E-state index is 12.4. The molecule has 1 aromatic heterocycles. The number of benzene rings is 1. The molecule has 0 unspecified atom stereocenters. The molecule has 1 saturated heterocycles. The number of amides is 1. The van der Waals surface area contributed by atoms with Crippen LogP contribution < -0.4 is 10.5 Å². The van der Waals surface area contributed by atoms with Gasteiger partial charge in [-0.05, 0) is 19.1 Å². The summed E-state index contributed by atoms with van der Waals surface area (Å²) in [6.07, 6.45) is 3.58. The summed E-state index contributed by atoms with van der Waals surface area (Å²) in [6.45, 7) is 3.20. The number of ether oxygens (including phenoxy) is 1.